The molecule has 1 saturated heterocycles. The van der Waals surface area contributed by atoms with Gasteiger partial charge in [0.1, 0.15) is 10.6 Å². The number of likely N-dealkylation sites (tertiary alicyclic amines) is 1. The van der Waals surface area contributed by atoms with E-state index in [0.29, 0.717) is 18.8 Å². The van der Waals surface area contributed by atoms with Crippen molar-refractivity contribution in [3.05, 3.63) is 18.0 Å². The van der Waals surface area contributed by atoms with Crippen molar-refractivity contribution in [3.63, 3.8) is 0 Å². The molecule has 3 N–H and O–H groups in total. The summed E-state index contributed by atoms with van der Waals surface area (Å²) in [6, 6.07) is 1.42. The Labute approximate surface area is 137 Å². The summed E-state index contributed by atoms with van der Waals surface area (Å²) in [6.07, 6.45) is 3.37. The van der Waals surface area contributed by atoms with Gasteiger partial charge in [0.15, 0.2) is 0 Å². The van der Waals surface area contributed by atoms with Gasteiger partial charge in [-0.15, -0.1) is 0 Å². The summed E-state index contributed by atoms with van der Waals surface area (Å²) in [4.78, 5) is 16.9. The van der Waals surface area contributed by atoms with Crippen molar-refractivity contribution in [2.24, 2.45) is 11.1 Å². The Kier molecular flexibility index (Phi) is 5.17. The van der Waals surface area contributed by atoms with E-state index in [9.17, 15) is 13.2 Å². The standard InChI is InChI=1S/C15H26N4O3S/c1-15(2,10-16)11-18(3)23(21,22)12-8-13(17-9-12)14(20)19-6-4-5-7-19/h8-9,17H,4-7,10-11,16H2,1-3H3. The number of nitrogens with one attached hydrogen (secondary N) is 1. The third-order valence-electron chi connectivity index (χ3n) is 4.19. The first-order chi connectivity index (χ1) is 10.7. The Morgan fingerprint density at radius 1 is 1.39 bits per heavy atom. The minimum atomic E-state index is -3.64. The van der Waals surface area contributed by atoms with E-state index in [2.05, 4.69) is 4.98 Å². The van der Waals surface area contributed by atoms with Crippen LogP contribution in [0.3, 0.4) is 0 Å². The summed E-state index contributed by atoms with van der Waals surface area (Å²) < 4.78 is 26.5. The highest BCUT2D eigenvalue weighted by Gasteiger charge is 2.29. The van der Waals surface area contributed by atoms with Crippen molar-refractivity contribution >= 4 is 15.9 Å². The minimum absolute atomic E-state index is 0.107. The predicted molar refractivity (Wildman–Crippen MR) is 88.6 cm³/mol. The van der Waals surface area contributed by atoms with Crippen LogP contribution < -0.4 is 5.73 Å². The van der Waals surface area contributed by atoms with Gasteiger partial charge in [0.05, 0.1) is 0 Å². The molecule has 0 spiro atoms. The maximum Gasteiger partial charge on any atom is 0.270 e. The molecule has 1 amide bonds. The Bertz CT molecular complexity index is 660. The van der Waals surface area contributed by atoms with Crippen molar-refractivity contribution in [2.75, 3.05) is 33.2 Å². The highest BCUT2D eigenvalue weighted by atomic mass is 32.2. The number of carbonyl (C=O) groups excluding carboxylic acids is 1. The Morgan fingerprint density at radius 2 is 2.00 bits per heavy atom. The quantitative estimate of drug-likeness (QED) is 0.801. The molecule has 2 rings (SSSR count). The van der Waals surface area contributed by atoms with E-state index in [4.69, 9.17) is 5.73 Å². The number of hydrogen-bond acceptors (Lipinski definition) is 4. The van der Waals surface area contributed by atoms with E-state index in [1.165, 1.54) is 23.6 Å². The molecule has 0 aliphatic carbocycles. The first-order valence-corrected chi connectivity index (χ1v) is 9.25. The second kappa shape index (κ2) is 6.62. The van der Waals surface area contributed by atoms with Gasteiger partial charge in [0, 0.05) is 32.9 Å². The van der Waals surface area contributed by atoms with Crippen molar-refractivity contribution in [1.29, 1.82) is 0 Å². The van der Waals surface area contributed by atoms with Crippen LogP contribution in [0.25, 0.3) is 0 Å². The number of sulfonamides is 1. The van der Waals surface area contributed by atoms with Crippen molar-refractivity contribution < 1.29 is 13.2 Å². The lowest BCUT2D eigenvalue weighted by Crippen LogP contribution is -2.39. The zero-order valence-corrected chi connectivity index (χ0v) is 14.8. The molecule has 1 aromatic rings. The largest absolute Gasteiger partial charge is 0.356 e. The van der Waals surface area contributed by atoms with E-state index in [1.807, 2.05) is 13.8 Å². The van der Waals surface area contributed by atoms with Crippen LogP contribution in [0.5, 0.6) is 0 Å². The molecule has 1 aliphatic heterocycles. The average molecular weight is 342 g/mol. The lowest BCUT2D eigenvalue weighted by molar-refractivity contribution is 0.0787. The van der Waals surface area contributed by atoms with Crippen molar-refractivity contribution in [1.82, 2.24) is 14.2 Å². The molecule has 0 aromatic carbocycles. The zero-order chi connectivity index (χ0) is 17.3. The number of aromatic nitrogens is 1. The van der Waals surface area contributed by atoms with Crippen LogP contribution in [0.4, 0.5) is 0 Å². The number of nitrogens with two attached hydrogens (primary N) is 1. The number of carbonyl (C=O) groups is 1. The lowest BCUT2D eigenvalue weighted by atomic mass is 9.94. The van der Waals surface area contributed by atoms with Gasteiger partial charge in [-0.1, -0.05) is 13.8 Å². The SMILES string of the molecule is CN(CC(C)(C)CN)S(=O)(=O)c1c[nH]c(C(=O)N2CCCC2)c1. The van der Waals surface area contributed by atoms with Crippen molar-refractivity contribution in [2.45, 2.75) is 31.6 Å². The maximum atomic E-state index is 12.6. The molecule has 130 valence electrons. The topological polar surface area (TPSA) is 99.5 Å². The molecule has 7 nitrogen and oxygen atoms in total. The first-order valence-electron chi connectivity index (χ1n) is 7.81. The average Bonchev–Trinajstić information content (AvgIpc) is 3.17. The summed E-state index contributed by atoms with van der Waals surface area (Å²) in [5.74, 6) is -0.145. The van der Waals surface area contributed by atoms with Gasteiger partial charge in [0.25, 0.3) is 5.91 Å². The highest BCUT2D eigenvalue weighted by Crippen LogP contribution is 2.22. The summed E-state index contributed by atoms with van der Waals surface area (Å²) in [6.45, 7) is 5.98. The Hall–Kier alpha value is -1.38. The smallest absolute Gasteiger partial charge is 0.270 e. The number of H-pyrrole nitrogens is 1. The molecule has 1 aliphatic rings. The zero-order valence-electron chi connectivity index (χ0n) is 14.0. The van der Waals surface area contributed by atoms with Crippen LogP contribution in [0, 0.1) is 5.41 Å². The van der Waals surface area contributed by atoms with Crippen LogP contribution in [0.1, 0.15) is 37.2 Å². The molecule has 0 bridgehead atoms. The highest BCUT2D eigenvalue weighted by molar-refractivity contribution is 7.89. The molecule has 0 atom stereocenters. The predicted octanol–water partition coefficient (Wildman–Crippen LogP) is 0.856. The fourth-order valence-electron chi connectivity index (χ4n) is 2.67. The van der Waals surface area contributed by atoms with Gasteiger partial charge >= 0.3 is 0 Å². The minimum Gasteiger partial charge on any atom is -0.356 e. The Morgan fingerprint density at radius 3 is 2.57 bits per heavy atom. The van der Waals surface area contributed by atoms with Crippen LogP contribution >= 0.6 is 0 Å². The second-order valence-corrected chi connectivity index (χ2v) is 8.92. The van der Waals surface area contributed by atoms with Crippen molar-refractivity contribution in [3.8, 4) is 0 Å². The van der Waals surface area contributed by atoms with Crippen LogP contribution in [-0.2, 0) is 10.0 Å². The molecule has 1 fully saturated rings. The fraction of sp³-hybridized carbons (Fsp3) is 0.667. The lowest BCUT2D eigenvalue weighted by Gasteiger charge is -2.28. The monoisotopic (exact) mass is 342 g/mol. The Balaban J connectivity index is 2.16. The van der Waals surface area contributed by atoms with Gasteiger partial charge in [-0.2, -0.15) is 0 Å². The molecule has 1 aromatic heterocycles. The van der Waals surface area contributed by atoms with E-state index in [-0.39, 0.29) is 16.2 Å². The van der Waals surface area contributed by atoms with E-state index in [1.54, 1.807) is 4.90 Å². The van der Waals surface area contributed by atoms with E-state index >= 15 is 0 Å². The fourth-order valence-corrected chi connectivity index (χ4v) is 4.02. The summed E-state index contributed by atoms with van der Waals surface area (Å²) in [7, 11) is -2.11. The first kappa shape index (κ1) is 18.0. The number of hydrogen-bond donors (Lipinski definition) is 2. The summed E-state index contributed by atoms with van der Waals surface area (Å²) in [5, 5.41) is 0. The van der Waals surface area contributed by atoms with Crippen LogP contribution in [0.15, 0.2) is 17.2 Å². The maximum absolute atomic E-state index is 12.6. The second-order valence-electron chi connectivity index (χ2n) is 6.88. The van der Waals surface area contributed by atoms with E-state index < -0.39 is 10.0 Å². The normalized spacial score (nSPS) is 16.3. The molecule has 0 radical (unpaired) electrons. The van der Waals surface area contributed by atoms with Crippen LogP contribution in [0.2, 0.25) is 0 Å². The molecule has 8 heteroatoms. The molecule has 0 unspecified atom stereocenters. The number of nitrogens with zero attached hydrogens (tertiary/aromatic N) is 2. The van der Waals surface area contributed by atoms with Gasteiger partial charge in [-0.3, -0.25) is 4.79 Å². The van der Waals surface area contributed by atoms with Crippen LogP contribution in [-0.4, -0.2) is 61.7 Å². The molecular formula is C15H26N4O3S. The molecule has 2 heterocycles. The third kappa shape index (κ3) is 3.94. The number of rotatable bonds is 6. The van der Waals surface area contributed by atoms with Gasteiger partial charge in [0.2, 0.25) is 10.0 Å². The van der Waals surface area contributed by atoms with Gasteiger partial charge in [-0.05, 0) is 30.9 Å². The number of aromatic amines is 1. The molecular weight excluding hydrogens is 316 g/mol. The van der Waals surface area contributed by atoms with Gasteiger partial charge < -0.3 is 15.6 Å². The molecule has 23 heavy (non-hydrogen) atoms. The molecule has 0 saturated carbocycles. The third-order valence-corrected chi connectivity index (χ3v) is 5.97. The number of amides is 1. The van der Waals surface area contributed by atoms with Gasteiger partial charge in [-0.25, -0.2) is 12.7 Å². The summed E-state index contributed by atoms with van der Waals surface area (Å²) in [5.41, 5.74) is 5.68. The summed E-state index contributed by atoms with van der Waals surface area (Å²) >= 11 is 0. The van der Waals surface area contributed by atoms with E-state index in [0.717, 1.165) is 25.9 Å².